The maximum Gasteiger partial charge on any atom is 0.254 e. The molecule has 1 saturated heterocycles. The van der Waals surface area contributed by atoms with E-state index < -0.39 is 0 Å². The summed E-state index contributed by atoms with van der Waals surface area (Å²) in [4.78, 5) is 24.6. The molecule has 1 fully saturated rings. The maximum absolute atomic E-state index is 12.4. The molecule has 3 rings (SSSR count). The summed E-state index contributed by atoms with van der Waals surface area (Å²) in [5, 5.41) is 9.46. The van der Waals surface area contributed by atoms with Crippen LogP contribution in [0.15, 0.2) is 42.7 Å². The van der Waals surface area contributed by atoms with Crippen molar-refractivity contribution >= 4 is 11.9 Å². The Morgan fingerprint density at radius 2 is 1.76 bits per heavy atom. The van der Waals surface area contributed by atoms with E-state index in [9.17, 15) is 9.90 Å². The molecule has 6 heteroatoms. The molecule has 0 radical (unpaired) electrons. The second-order valence-corrected chi connectivity index (χ2v) is 4.88. The zero-order chi connectivity index (χ0) is 14.7. The molecule has 0 bridgehead atoms. The molecule has 1 aliphatic heterocycles. The third-order valence-electron chi connectivity index (χ3n) is 3.49. The largest absolute Gasteiger partial charge is 0.508 e. The van der Waals surface area contributed by atoms with Crippen LogP contribution >= 0.6 is 0 Å². The van der Waals surface area contributed by atoms with Crippen LogP contribution in [0, 0.1) is 0 Å². The number of benzene rings is 1. The third-order valence-corrected chi connectivity index (χ3v) is 3.49. The summed E-state index contributed by atoms with van der Waals surface area (Å²) >= 11 is 0. The fraction of sp³-hybridized carbons (Fsp3) is 0.267. The quantitative estimate of drug-likeness (QED) is 0.895. The van der Waals surface area contributed by atoms with Crippen LogP contribution in [-0.4, -0.2) is 52.1 Å². The van der Waals surface area contributed by atoms with Crippen molar-refractivity contribution in [3.05, 3.63) is 48.3 Å². The molecule has 1 aliphatic rings. The van der Waals surface area contributed by atoms with Crippen LogP contribution in [0.2, 0.25) is 0 Å². The smallest absolute Gasteiger partial charge is 0.254 e. The first-order valence-electron chi connectivity index (χ1n) is 6.84. The van der Waals surface area contributed by atoms with Crippen LogP contribution in [-0.2, 0) is 0 Å². The van der Waals surface area contributed by atoms with Crippen molar-refractivity contribution in [3.63, 3.8) is 0 Å². The molecule has 2 heterocycles. The number of piperazine rings is 1. The van der Waals surface area contributed by atoms with Crippen molar-refractivity contribution in [2.45, 2.75) is 0 Å². The molecular formula is C15H16N4O2. The van der Waals surface area contributed by atoms with Crippen molar-refractivity contribution in [2.75, 3.05) is 31.1 Å². The molecule has 21 heavy (non-hydrogen) atoms. The third kappa shape index (κ3) is 2.94. The number of amides is 1. The van der Waals surface area contributed by atoms with Gasteiger partial charge in [-0.3, -0.25) is 4.79 Å². The molecule has 1 N–H and O–H groups in total. The van der Waals surface area contributed by atoms with E-state index in [1.807, 2.05) is 0 Å². The predicted molar refractivity (Wildman–Crippen MR) is 78.3 cm³/mol. The van der Waals surface area contributed by atoms with Crippen LogP contribution in [0.1, 0.15) is 10.4 Å². The number of aromatic nitrogens is 2. The average molecular weight is 284 g/mol. The van der Waals surface area contributed by atoms with Gasteiger partial charge in [0.25, 0.3) is 5.91 Å². The van der Waals surface area contributed by atoms with Gasteiger partial charge in [0.2, 0.25) is 5.95 Å². The van der Waals surface area contributed by atoms with Gasteiger partial charge < -0.3 is 14.9 Å². The van der Waals surface area contributed by atoms with Crippen molar-refractivity contribution < 1.29 is 9.90 Å². The van der Waals surface area contributed by atoms with Crippen LogP contribution in [0.4, 0.5) is 5.95 Å². The molecule has 108 valence electrons. The standard InChI is InChI=1S/C15H16N4O2/c20-13-4-1-3-12(11-13)14(21)18-7-9-19(10-8-18)15-16-5-2-6-17-15/h1-6,11,20H,7-10H2. The number of carbonyl (C=O) groups excluding carboxylic acids is 1. The highest BCUT2D eigenvalue weighted by Gasteiger charge is 2.23. The Hall–Kier alpha value is -2.63. The second kappa shape index (κ2) is 5.78. The van der Waals surface area contributed by atoms with Gasteiger partial charge >= 0.3 is 0 Å². The van der Waals surface area contributed by atoms with E-state index >= 15 is 0 Å². The number of rotatable bonds is 2. The molecule has 0 spiro atoms. The maximum atomic E-state index is 12.4. The summed E-state index contributed by atoms with van der Waals surface area (Å²) in [5.74, 6) is 0.749. The normalized spacial score (nSPS) is 15.0. The van der Waals surface area contributed by atoms with Gasteiger partial charge in [0.1, 0.15) is 5.75 Å². The summed E-state index contributed by atoms with van der Waals surface area (Å²) in [7, 11) is 0. The molecule has 2 aromatic rings. The lowest BCUT2D eigenvalue weighted by molar-refractivity contribution is 0.0746. The Bertz CT molecular complexity index is 625. The highest BCUT2D eigenvalue weighted by molar-refractivity contribution is 5.94. The minimum atomic E-state index is -0.0560. The number of phenols is 1. The molecule has 0 saturated carbocycles. The highest BCUT2D eigenvalue weighted by Crippen LogP contribution is 2.15. The summed E-state index contributed by atoms with van der Waals surface area (Å²) in [6, 6.07) is 8.23. The molecular weight excluding hydrogens is 268 g/mol. The fourth-order valence-corrected chi connectivity index (χ4v) is 2.39. The highest BCUT2D eigenvalue weighted by atomic mass is 16.3. The van der Waals surface area contributed by atoms with Crippen LogP contribution in [0.5, 0.6) is 5.75 Å². The molecule has 0 atom stereocenters. The van der Waals surface area contributed by atoms with E-state index in [2.05, 4.69) is 14.9 Å². The first kappa shape index (κ1) is 13.4. The van der Waals surface area contributed by atoms with Crippen molar-refractivity contribution in [2.24, 2.45) is 0 Å². The van der Waals surface area contributed by atoms with E-state index in [4.69, 9.17) is 0 Å². The van der Waals surface area contributed by atoms with E-state index in [1.54, 1.807) is 41.6 Å². The molecule has 1 aromatic carbocycles. The van der Waals surface area contributed by atoms with E-state index in [-0.39, 0.29) is 11.7 Å². The minimum Gasteiger partial charge on any atom is -0.508 e. The average Bonchev–Trinajstić information content (AvgIpc) is 2.55. The number of aromatic hydroxyl groups is 1. The minimum absolute atomic E-state index is 0.0560. The van der Waals surface area contributed by atoms with Crippen molar-refractivity contribution in [3.8, 4) is 5.75 Å². The van der Waals surface area contributed by atoms with E-state index in [0.717, 1.165) is 0 Å². The summed E-state index contributed by atoms with van der Waals surface area (Å²) < 4.78 is 0. The number of phenolic OH excluding ortho intramolecular Hbond substituents is 1. The Labute approximate surface area is 122 Å². The Morgan fingerprint density at radius 1 is 1.05 bits per heavy atom. The lowest BCUT2D eigenvalue weighted by Crippen LogP contribution is -2.49. The SMILES string of the molecule is O=C(c1cccc(O)c1)N1CCN(c2ncccn2)CC1. The zero-order valence-electron chi connectivity index (χ0n) is 11.5. The van der Waals surface area contributed by atoms with Gasteiger partial charge in [-0.1, -0.05) is 6.07 Å². The van der Waals surface area contributed by atoms with Crippen molar-refractivity contribution in [1.29, 1.82) is 0 Å². The van der Waals surface area contributed by atoms with Gasteiger partial charge in [0.15, 0.2) is 0 Å². The van der Waals surface area contributed by atoms with Crippen LogP contribution < -0.4 is 4.90 Å². The summed E-state index contributed by atoms with van der Waals surface area (Å²) in [6.07, 6.45) is 3.43. The second-order valence-electron chi connectivity index (χ2n) is 4.88. The number of nitrogens with zero attached hydrogens (tertiary/aromatic N) is 4. The predicted octanol–water partition coefficient (Wildman–Crippen LogP) is 1.14. The van der Waals surface area contributed by atoms with Gasteiger partial charge in [-0.25, -0.2) is 9.97 Å². The van der Waals surface area contributed by atoms with Crippen LogP contribution in [0.25, 0.3) is 0 Å². The Kier molecular flexibility index (Phi) is 3.68. The van der Waals surface area contributed by atoms with Gasteiger partial charge in [-0.2, -0.15) is 0 Å². The zero-order valence-corrected chi connectivity index (χ0v) is 11.5. The Morgan fingerprint density at radius 3 is 2.43 bits per heavy atom. The van der Waals surface area contributed by atoms with E-state index in [1.165, 1.54) is 6.07 Å². The van der Waals surface area contributed by atoms with Gasteiger partial charge in [-0.15, -0.1) is 0 Å². The summed E-state index contributed by atoms with van der Waals surface area (Å²) in [5.41, 5.74) is 0.513. The fourth-order valence-electron chi connectivity index (χ4n) is 2.39. The summed E-state index contributed by atoms with van der Waals surface area (Å²) in [6.45, 7) is 2.64. The van der Waals surface area contributed by atoms with Crippen LogP contribution in [0.3, 0.4) is 0 Å². The molecule has 1 aromatic heterocycles. The molecule has 6 nitrogen and oxygen atoms in total. The van der Waals surface area contributed by atoms with E-state index in [0.29, 0.717) is 37.7 Å². The lowest BCUT2D eigenvalue weighted by atomic mass is 10.1. The monoisotopic (exact) mass is 284 g/mol. The van der Waals surface area contributed by atoms with Gasteiger partial charge in [-0.05, 0) is 24.3 Å². The first-order valence-corrected chi connectivity index (χ1v) is 6.84. The first-order chi connectivity index (χ1) is 10.2. The molecule has 1 amide bonds. The Balaban J connectivity index is 1.64. The molecule has 0 aliphatic carbocycles. The van der Waals surface area contributed by atoms with Gasteiger partial charge in [0.05, 0.1) is 0 Å². The number of carbonyl (C=O) groups is 1. The number of hydrogen-bond donors (Lipinski definition) is 1. The topological polar surface area (TPSA) is 69.6 Å². The number of anilines is 1. The molecule has 0 unspecified atom stereocenters. The number of hydrogen-bond acceptors (Lipinski definition) is 5. The van der Waals surface area contributed by atoms with Crippen molar-refractivity contribution in [1.82, 2.24) is 14.9 Å². The lowest BCUT2D eigenvalue weighted by Gasteiger charge is -2.34. The van der Waals surface area contributed by atoms with Gasteiger partial charge in [0, 0.05) is 44.1 Å².